The van der Waals surface area contributed by atoms with Crippen molar-refractivity contribution >= 4 is 24.5 Å². The van der Waals surface area contributed by atoms with E-state index in [0.29, 0.717) is 0 Å². The number of carbonyl (C=O) groups is 1. The van der Waals surface area contributed by atoms with Crippen LogP contribution in [-0.2, 0) is 11.2 Å². The van der Waals surface area contributed by atoms with Gasteiger partial charge < -0.3 is 5.11 Å². The van der Waals surface area contributed by atoms with Gasteiger partial charge in [0.25, 0.3) is 0 Å². The van der Waals surface area contributed by atoms with Crippen molar-refractivity contribution in [2.75, 3.05) is 0 Å². The molecule has 0 saturated carbocycles. The van der Waals surface area contributed by atoms with Crippen molar-refractivity contribution in [3.8, 4) is 0 Å². The molecular weight excluding hydrogens is 260 g/mol. The molecule has 1 aromatic rings. The molecule has 106 valence electrons. The van der Waals surface area contributed by atoms with E-state index in [9.17, 15) is 4.79 Å². The molecule has 2 nitrogen and oxygen atoms in total. The summed E-state index contributed by atoms with van der Waals surface area (Å²) in [5, 5.41) is 8.53. The van der Waals surface area contributed by atoms with Gasteiger partial charge in [-0.2, -0.15) is 0 Å². The Morgan fingerprint density at radius 1 is 1.11 bits per heavy atom. The van der Waals surface area contributed by atoms with E-state index in [1.165, 1.54) is 43.7 Å². The van der Waals surface area contributed by atoms with Crippen LogP contribution in [0.4, 0.5) is 0 Å². The third-order valence-electron chi connectivity index (χ3n) is 2.97. The molecule has 0 heterocycles. The summed E-state index contributed by atoms with van der Waals surface area (Å²) in [5.41, 5.74) is 2.27. The fourth-order valence-electron chi connectivity index (χ4n) is 1.90. The molecule has 0 unspecified atom stereocenters. The van der Waals surface area contributed by atoms with Crippen LogP contribution in [0.25, 0.3) is 6.08 Å². The average molecular weight is 283 g/mol. The van der Waals surface area contributed by atoms with Gasteiger partial charge in [-0.15, -0.1) is 12.4 Å². The van der Waals surface area contributed by atoms with E-state index >= 15 is 0 Å². The minimum absolute atomic E-state index is 0. The Morgan fingerprint density at radius 2 is 1.74 bits per heavy atom. The molecule has 0 aliphatic rings. The Bertz CT molecular complexity index is 382. The van der Waals surface area contributed by atoms with Crippen LogP contribution >= 0.6 is 12.4 Å². The summed E-state index contributed by atoms with van der Waals surface area (Å²) in [6, 6.07) is 8.12. The van der Waals surface area contributed by atoms with Crippen molar-refractivity contribution in [1.82, 2.24) is 0 Å². The maximum Gasteiger partial charge on any atom is 0.328 e. The van der Waals surface area contributed by atoms with Crippen LogP contribution in [0.5, 0.6) is 0 Å². The van der Waals surface area contributed by atoms with Gasteiger partial charge in [-0.25, -0.2) is 4.79 Å². The van der Waals surface area contributed by atoms with E-state index in [1.54, 1.807) is 6.08 Å². The normalized spacial score (nSPS) is 10.4. The van der Waals surface area contributed by atoms with E-state index in [2.05, 4.69) is 19.1 Å². The Morgan fingerprint density at radius 3 is 2.32 bits per heavy atom. The number of carboxylic acid groups (broad SMARTS) is 1. The number of halogens is 1. The third kappa shape index (κ3) is 8.44. The lowest BCUT2D eigenvalue weighted by atomic mass is 10.0. The number of aliphatic carboxylic acids is 1. The minimum atomic E-state index is -0.907. The van der Waals surface area contributed by atoms with Crippen LogP contribution < -0.4 is 0 Å². The summed E-state index contributed by atoms with van der Waals surface area (Å²) < 4.78 is 0. The van der Waals surface area contributed by atoms with E-state index < -0.39 is 5.97 Å². The predicted octanol–water partition coefficient (Wildman–Crippen LogP) is 4.72. The van der Waals surface area contributed by atoms with Crippen molar-refractivity contribution in [3.05, 3.63) is 41.5 Å². The average Bonchev–Trinajstić information content (AvgIpc) is 2.37. The Hall–Kier alpha value is -1.28. The summed E-state index contributed by atoms with van der Waals surface area (Å²) in [6.07, 6.45) is 10.4. The highest BCUT2D eigenvalue weighted by molar-refractivity contribution is 5.85. The molecule has 0 saturated heterocycles. The second kappa shape index (κ2) is 10.6. The Labute approximate surface area is 122 Å². The van der Waals surface area contributed by atoms with E-state index in [1.807, 2.05) is 12.1 Å². The lowest BCUT2D eigenvalue weighted by molar-refractivity contribution is -0.131. The Balaban J connectivity index is 0.00000324. The van der Waals surface area contributed by atoms with Gasteiger partial charge in [0.05, 0.1) is 0 Å². The molecular formula is C16H23ClO2. The summed E-state index contributed by atoms with van der Waals surface area (Å²) in [7, 11) is 0. The first-order valence-electron chi connectivity index (χ1n) is 6.72. The standard InChI is InChI=1S/C16H22O2.ClH/c1-2-3-4-5-6-7-14-8-10-15(11-9-14)12-13-16(17)18;/h8-13H,2-7H2,1H3,(H,17,18);1H. The van der Waals surface area contributed by atoms with Gasteiger partial charge in [0.2, 0.25) is 0 Å². The van der Waals surface area contributed by atoms with Gasteiger partial charge in [-0.3, -0.25) is 0 Å². The lowest BCUT2D eigenvalue weighted by Gasteiger charge is -2.02. The maximum absolute atomic E-state index is 10.4. The first kappa shape index (κ1) is 17.7. The van der Waals surface area contributed by atoms with Gasteiger partial charge in [0, 0.05) is 6.08 Å². The summed E-state index contributed by atoms with van der Waals surface area (Å²) in [4.78, 5) is 10.4. The van der Waals surface area contributed by atoms with Crippen molar-refractivity contribution < 1.29 is 9.90 Å². The number of unbranched alkanes of at least 4 members (excludes halogenated alkanes) is 4. The van der Waals surface area contributed by atoms with E-state index in [0.717, 1.165) is 12.0 Å². The first-order chi connectivity index (χ1) is 8.72. The summed E-state index contributed by atoms with van der Waals surface area (Å²) >= 11 is 0. The molecule has 0 atom stereocenters. The number of rotatable bonds is 8. The number of hydrogen-bond acceptors (Lipinski definition) is 1. The van der Waals surface area contributed by atoms with Crippen molar-refractivity contribution in [2.24, 2.45) is 0 Å². The molecule has 3 heteroatoms. The quantitative estimate of drug-likeness (QED) is 0.553. The molecule has 1 rings (SSSR count). The van der Waals surface area contributed by atoms with Crippen LogP contribution in [0.2, 0.25) is 0 Å². The van der Waals surface area contributed by atoms with Crippen molar-refractivity contribution in [1.29, 1.82) is 0 Å². The zero-order valence-electron chi connectivity index (χ0n) is 11.5. The molecule has 0 aromatic heterocycles. The molecule has 1 N–H and O–H groups in total. The van der Waals surface area contributed by atoms with Gasteiger partial charge in [0.1, 0.15) is 0 Å². The van der Waals surface area contributed by atoms with Crippen molar-refractivity contribution in [2.45, 2.75) is 45.4 Å². The smallest absolute Gasteiger partial charge is 0.328 e. The summed E-state index contributed by atoms with van der Waals surface area (Å²) in [6.45, 7) is 2.23. The third-order valence-corrected chi connectivity index (χ3v) is 2.97. The van der Waals surface area contributed by atoms with Crippen LogP contribution in [0.3, 0.4) is 0 Å². The topological polar surface area (TPSA) is 37.3 Å². The van der Waals surface area contributed by atoms with E-state index in [-0.39, 0.29) is 12.4 Å². The number of hydrogen-bond donors (Lipinski definition) is 1. The number of aryl methyl sites for hydroxylation is 1. The predicted molar refractivity (Wildman–Crippen MR) is 82.8 cm³/mol. The molecule has 0 aliphatic carbocycles. The van der Waals surface area contributed by atoms with Crippen molar-refractivity contribution in [3.63, 3.8) is 0 Å². The SMILES string of the molecule is CCCCCCCc1ccc(C=CC(=O)O)cc1.Cl. The van der Waals surface area contributed by atoms with Crippen LogP contribution in [0.1, 0.15) is 50.2 Å². The first-order valence-corrected chi connectivity index (χ1v) is 6.72. The molecule has 0 aliphatic heterocycles. The fourth-order valence-corrected chi connectivity index (χ4v) is 1.90. The zero-order chi connectivity index (χ0) is 13.2. The summed E-state index contributed by atoms with van der Waals surface area (Å²) in [5.74, 6) is -0.907. The van der Waals surface area contributed by atoms with Crippen LogP contribution in [0, 0.1) is 0 Å². The fraction of sp³-hybridized carbons (Fsp3) is 0.438. The minimum Gasteiger partial charge on any atom is -0.478 e. The molecule has 0 fully saturated rings. The highest BCUT2D eigenvalue weighted by Gasteiger charge is 1.95. The molecule has 1 aromatic carbocycles. The lowest BCUT2D eigenvalue weighted by Crippen LogP contribution is -1.87. The highest BCUT2D eigenvalue weighted by Crippen LogP contribution is 2.11. The largest absolute Gasteiger partial charge is 0.478 e. The highest BCUT2D eigenvalue weighted by atomic mass is 35.5. The van der Waals surface area contributed by atoms with Gasteiger partial charge in [-0.05, 0) is 30.0 Å². The van der Waals surface area contributed by atoms with Gasteiger partial charge in [-0.1, -0.05) is 56.9 Å². The molecule has 19 heavy (non-hydrogen) atoms. The second-order valence-electron chi connectivity index (χ2n) is 4.58. The van der Waals surface area contributed by atoms with E-state index in [4.69, 9.17) is 5.11 Å². The van der Waals surface area contributed by atoms with Gasteiger partial charge >= 0.3 is 5.97 Å². The Kier molecular flexibility index (Phi) is 9.91. The van der Waals surface area contributed by atoms with Gasteiger partial charge in [0.15, 0.2) is 0 Å². The number of carboxylic acids is 1. The molecule has 0 amide bonds. The maximum atomic E-state index is 10.4. The monoisotopic (exact) mass is 282 g/mol. The van der Waals surface area contributed by atoms with Crippen LogP contribution in [0.15, 0.2) is 30.3 Å². The number of benzene rings is 1. The van der Waals surface area contributed by atoms with Crippen LogP contribution in [-0.4, -0.2) is 11.1 Å². The second-order valence-corrected chi connectivity index (χ2v) is 4.58. The molecule has 0 spiro atoms. The molecule has 0 radical (unpaired) electrons. The zero-order valence-corrected chi connectivity index (χ0v) is 12.3. The molecule has 0 bridgehead atoms.